The first-order chi connectivity index (χ1) is 9.79. The third-order valence-electron chi connectivity index (χ3n) is 2.56. The maximum absolute atomic E-state index is 13.6. The van der Waals surface area contributed by atoms with E-state index in [2.05, 4.69) is 10.6 Å². The Balaban J connectivity index is 2.97. The molecule has 114 valence electrons. The van der Waals surface area contributed by atoms with Crippen LogP contribution in [0.4, 0.5) is 4.39 Å². The van der Waals surface area contributed by atoms with Gasteiger partial charge in [0.1, 0.15) is 5.82 Å². The number of thioether (sulfide) groups is 1. The molecule has 0 aliphatic carbocycles. The van der Waals surface area contributed by atoms with Crippen molar-refractivity contribution in [3.63, 3.8) is 0 Å². The van der Waals surface area contributed by atoms with Crippen LogP contribution in [0.2, 0.25) is 0 Å². The summed E-state index contributed by atoms with van der Waals surface area (Å²) in [7, 11) is -3.97. The lowest BCUT2D eigenvalue weighted by molar-refractivity contribution is 0.0696. The number of nitrogens with one attached hydrogen (secondary N) is 1. The van der Waals surface area contributed by atoms with E-state index in [-0.39, 0.29) is 17.0 Å². The highest BCUT2D eigenvalue weighted by atomic mass is 32.2. The van der Waals surface area contributed by atoms with Crippen LogP contribution in [0.25, 0.3) is 0 Å². The predicted molar refractivity (Wildman–Crippen MR) is 79.4 cm³/mol. The van der Waals surface area contributed by atoms with Gasteiger partial charge in [-0.3, -0.25) is 0 Å². The fourth-order valence-electron chi connectivity index (χ4n) is 1.51. The molecule has 0 saturated heterocycles. The molecule has 0 amide bonds. The van der Waals surface area contributed by atoms with Gasteiger partial charge in [-0.1, -0.05) is 5.92 Å². The van der Waals surface area contributed by atoms with Crippen molar-refractivity contribution in [2.75, 3.05) is 18.1 Å². The minimum Gasteiger partial charge on any atom is -0.478 e. The van der Waals surface area contributed by atoms with Gasteiger partial charge in [-0.25, -0.2) is 22.3 Å². The second kappa shape index (κ2) is 7.45. The molecule has 5 nitrogen and oxygen atoms in total. The molecule has 1 rings (SSSR count). The number of sulfonamides is 1. The molecule has 0 fully saturated rings. The normalized spacial score (nSPS) is 11.1. The summed E-state index contributed by atoms with van der Waals surface area (Å²) < 4.78 is 40.1. The summed E-state index contributed by atoms with van der Waals surface area (Å²) in [5.41, 5.74) is -0.538. The average molecular weight is 331 g/mol. The number of carbonyl (C=O) groups is 1. The number of hydrogen-bond donors (Lipinski definition) is 2. The quantitative estimate of drug-likeness (QED) is 0.584. The Morgan fingerprint density at radius 2 is 2.19 bits per heavy atom. The predicted octanol–water partition coefficient (Wildman–Crippen LogP) is 1.48. The van der Waals surface area contributed by atoms with Crippen LogP contribution in [0.15, 0.2) is 17.0 Å². The molecule has 0 saturated carbocycles. The van der Waals surface area contributed by atoms with Gasteiger partial charge in [-0.15, -0.1) is 18.2 Å². The molecular weight excluding hydrogens is 317 g/mol. The molecule has 0 bridgehead atoms. The Hall–Kier alpha value is -1.56. The lowest BCUT2D eigenvalue weighted by Crippen LogP contribution is -2.27. The first kappa shape index (κ1) is 17.5. The Kier molecular flexibility index (Phi) is 6.20. The van der Waals surface area contributed by atoms with E-state index in [9.17, 15) is 17.6 Å². The number of carboxylic acid groups (broad SMARTS) is 1. The summed E-state index contributed by atoms with van der Waals surface area (Å²) in [5, 5.41) is 8.86. The van der Waals surface area contributed by atoms with Crippen molar-refractivity contribution in [1.82, 2.24) is 4.72 Å². The van der Waals surface area contributed by atoms with E-state index in [0.29, 0.717) is 11.5 Å². The second-order valence-corrected chi connectivity index (χ2v) is 6.88. The molecule has 21 heavy (non-hydrogen) atoms. The molecule has 8 heteroatoms. The van der Waals surface area contributed by atoms with Crippen LogP contribution in [0.3, 0.4) is 0 Å². The molecule has 0 aliphatic heterocycles. The number of carboxylic acids is 1. The molecule has 1 aromatic carbocycles. The summed E-state index contributed by atoms with van der Waals surface area (Å²) in [6.07, 6.45) is 5.06. The molecule has 2 N–H and O–H groups in total. The highest BCUT2D eigenvalue weighted by molar-refractivity contribution is 7.99. The fourth-order valence-corrected chi connectivity index (χ4v) is 3.46. The van der Waals surface area contributed by atoms with E-state index in [1.165, 1.54) is 18.7 Å². The van der Waals surface area contributed by atoms with Crippen molar-refractivity contribution < 1.29 is 22.7 Å². The zero-order valence-corrected chi connectivity index (χ0v) is 12.9. The van der Waals surface area contributed by atoms with Gasteiger partial charge >= 0.3 is 5.97 Å². The summed E-state index contributed by atoms with van der Waals surface area (Å²) in [4.78, 5) is 10.5. The van der Waals surface area contributed by atoms with Gasteiger partial charge in [0, 0.05) is 17.9 Å². The van der Waals surface area contributed by atoms with E-state index in [0.717, 1.165) is 12.1 Å². The van der Waals surface area contributed by atoms with Gasteiger partial charge in [0.2, 0.25) is 10.0 Å². The molecule has 0 heterocycles. The summed E-state index contributed by atoms with van der Waals surface area (Å²) in [6.45, 7) is 1.40. The molecule has 0 spiro atoms. The van der Waals surface area contributed by atoms with E-state index in [1.54, 1.807) is 0 Å². The summed E-state index contributed by atoms with van der Waals surface area (Å²) in [5.74, 6) is 1.06. The van der Waals surface area contributed by atoms with Crippen LogP contribution in [0.5, 0.6) is 0 Å². The van der Waals surface area contributed by atoms with Crippen LogP contribution in [-0.4, -0.2) is 37.5 Å². The molecule has 0 radical (unpaired) electrons. The van der Waals surface area contributed by atoms with Gasteiger partial charge < -0.3 is 5.11 Å². The summed E-state index contributed by atoms with van der Waals surface area (Å²) >= 11 is 1.37. The molecular formula is C13H14FNO4S2. The fraction of sp³-hybridized carbons (Fsp3) is 0.308. The minimum absolute atomic E-state index is 0.118. The SMILES string of the molecule is C#CCSCCNS(=O)(=O)c1cc(C(=O)O)cc(F)c1C. The van der Waals surface area contributed by atoms with E-state index < -0.39 is 27.4 Å². The highest BCUT2D eigenvalue weighted by Gasteiger charge is 2.21. The zero-order chi connectivity index (χ0) is 16.0. The Bertz CT molecular complexity index is 680. The number of rotatable bonds is 7. The Labute approximate surface area is 127 Å². The molecule has 0 unspecified atom stereocenters. The first-order valence-electron chi connectivity index (χ1n) is 5.84. The zero-order valence-electron chi connectivity index (χ0n) is 11.2. The van der Waals surface area contributed by atoms with Gasteiger partial charge in [0.15, 0.2) is 0 Å². The van der Waals surface area contributed by atoms with Crippen molar-refractivity contribution in [1.29, 1.82) is 0 Å². The number of hydrogen-bond acceptors (Lipinski definition) is 4. The van der Waals surface area contributed by atoms with Crippen LogP contribution in [-0.2, 0) is 10.0 Å². The molecule has 1 aromatic rings. The number of aromatic carboxylic acids is 1. The molecule has 0 aromatic heterocycles. The lowest BCUT2D eigenvalue weighted by Gasteiger charge is -2.10. The number of halogens is 1. The minimum atomic E-state index is -3.97. The Morgan fingerprint density at radius 3 is 2.76 bits per heavy atom. The van der Waals surface area contributed by atoms with E-state index in [4.69, 9.17) is 11.5 Å². The molecule has 0 atom stereocenters. The van der Waals surface area contributed by atoms with E-state index in [1.807, 2.05) is 0 Å². The van der Waals surface area contributed by atoms with Gasteiger partial charge in [0.05, 0.1) is 16.2 Å². The van der Waals surface area contributed by atoms with Crippen molar-refractivity contribution in [2.45, 2.75) is 11.8 Å². The maximum Gasteiger partial charge on any atom is 0.335 e. The number of terminal acetylenes is 1. The number of benzene rings is 1. The van der Waals surface area contributed by atoms with Crippen LogP contribution < -0.4 is 4.72 Å². The van der Waals surface area contributed by atoms with Gasteiger partial charge in [0.25, 0.3) is 0 Å². The third-order valence-corrected chi connectivity index (χ3v) is 5.01. The van der Waals surface area contributed by atoms with Crippen LogP contribution >= 0.6 is 11.8 Å². The summed E-state index contributed by atoms with van der Waals surface area (Å²) in [6, 6.07) is 1.73. The van der Waals surface area contributed by atoms with Crippen molar-refractivity contribution in [3.05, 3.63) is 29.1 Å². The smallest absolute Gasteiger partial charge is 0.335 e. The topological polar surface area (TPSA) is 83.5 Å². The third kappa shape index (κ3) is 4.74. The molecule has 0 aliphatic rings. The van der Waals surface area contributed by atoms with E-state index >= 15 is 0 Å². The maximum atomic E-state index is 13.6. The average Bonchev–Trinajstić information content (AvgIpc) is 2.40. The first-order valence-corrected chi connectivity index (χ1v) is 8.47. The lowest BCUT2D eigenvalue weighted by atomic mass is 10.1. The van der Waals surface area contributed by atoms with Crippen LogP contribution in [0, 0.1) is 25.1 Å². The highest BCUT2D eigenvalue weighted by Crippen LogP contribution is 2.20. The van der Waals surface area contributed by atoms with Crippen molar-refractivity contribution >= 4 is 27.8 Å². The van der Waals surface area contributed by atoms with Crippen molar-refractivity contribution in [2.24, 2.45) is 0 Å². The van der Waals surface area contributed by atoms with Crippen LogP contribution in [0.1, 0.15) is 15.9 Å². The Morgan fingerprint density at radius 1 is 1.52 bits per heavy atom. The standard InChI is InChI=1S/C13H14FNO4S2/c1-3-5-20-6-4-15-21(18,19)12-8-10(13(16)17)7-11(14)9(12)2/h1,7-8,15H,4-6H2,2H3,(H,16,17). The monoisotopic (exact) mass is 331 g/mol. The second-order valence-electron chi connectivity index (χ2n) is 4.04. The van der Waals surface area contributed by atoms with Gasteiger partial charge in [-0.2, -0.15) is 0 Å². The van der Waals surface area contributed by atoms with Crippen molar-refractivity contribution in [3.8, 4) is 12.3 Å². The largest absolute Gasteiger partial charge is 0.478 e. The van der Waals surface area contributed by atoms with Gasteiger partial charge in [-0.05, 0) is 19.1 Å².